The number of aliphatic hydroxyl groups excluding tert-OH is 1. The number of ketones is 1. The molecule has 1 aliphatic rings. The van der Waals surface area contributed by atoms with E-state index in [1.807, 2.05) is 43.3 Å². The molecule has 1 aromatic heterocycles. The van der Waals surface area contributed by atoms with E-state index >= 15 is 0 Å². The summed E-state index contributed by atoms with van der Waals surface area (Å²) in [6.45, 7) is 6.16. The summed E-state index contributed by atoms with van der Waals surface area (Å²) in [5.74, 6) is -1.21. The Bertz CT molecular complexity index is 1110. The third kappa shape index (κ3) is 3.44. The summed E-state index contributed by atoms with van der Waals surface area (Å²) in [5.41, 5.74) is 3.53. The number of amides is 1. The number of carbonyl (C=O) groups excluding carboxylic acids is 2. The third-order valence-corrected chi connectivity index (χ3v) is 6.08. The largest absolute Gasteiger partial charge is 0.507 e. The Morgan fingerprint density at radius 2 is 1.73 bits per heavy atom. The second-order valence-electron chi connectivity index (χ2n) is 7.67. The molecule has 152 valence electrons. The van der Waals surface area contributed by atoms with Crippen LogP contribution in [0.2, 0.25) is 0 Å². The minimum absolute atomic E-state index is 0.0800. The predicted molar refractivity (Wildman–Crippen MR) is 119 cm³/mol. The van der Waals surface area contributed by atoms with Gasteiger partial charge < -0.3 is 5.11 Å². The fraction of sp³-hybridized carbons (Fsp3) is 0.208. The van der Waals surface area contributed by atoms with Crippen molar-refractivity contribution >= 4 is 33.9 Å². The lowest BCUT2D eigenvalue weighted by Crippen LogP contribution is -2.29. The highest BCUT2D eigenvalue weighted by molar-refractivity contribution is 7.14. The second kappa shape index (κ2) is 7.88. The Labute approximate surface area is 179 Å². The molecule has 0 bridgehead atoms. The van der Waals surface area contributed by atoms with Crippen molar-refractivity contribution in [3.63, 3.8) is 0 Å². The molecule has 2 heterocycles. The summed E-state index contributed by atoms with van der Waals surface area (Å²) >= 11 is 1.28. The zero-order chi connectivity index (χ0) is 21.4. The number of carbonyl (C=O) groups is 2. The van der Waals surface area contributed by atoms with Crippen LogP contribution in [0, 0.1) is 6.92 Å². The minimum Gasteiger partial charge on any atom is -0.507 e. The van der Waals surface area contributed by atoms with Crippen LogP contribution in [-0.4, -0.2) is 21.8 Å². The molecule has 0 saturated carbocycles. The van der Waals surface area contributed by atoms with Gasteiger partial charge in [-0.15, -0.1) is 11.3 Å². The number of anilines is 1. The number of nitrogens with zero attached hydrogens (tertiary/aromatic N) is 2. The molecular formula is C24H22N2O3S. The normalized spacial score (nSPS) is 18.4. The lowest BCUT2D eigenvalue weighted by atomic mass is 9.93. The van der Waals surface area contributed by atoms with Gasteiger partial charge in [-0.25, -0.2) is 4.98 Å². The number of aryl methyl sites for hydroxylation is 1. The molecule has 0 spiro atoms. The van der Waals surface area contributed by atoms with Crippen LogP contribution >= 0.6 is 11.3 Å². The van der Waals surface area contributed by atoms with E-state index in [1.54, 1.807) is 23.7 Å². The second-order valence-corrected chi connectivity index (χ2v) is 8.54. The first-order valence-electron chi connectivity index (χ1n) is 9.76. The molecule has 0 aliphatic carbocycles. The van der Waals surface area contributed by atoms with Crippen LogP contribution in [0.25, 0.3) is 5.76 Å². The Morgan fingerprint density at radius 3 is 2.30 bits per heavy atom. The molecule has 5 nitrogen and oxygen atoms in total. The average Bonchev–Trinajstić information content (AvgIpc) is 3.35. The number of rotatable bonds is 4. The van der Waals surface area contributed by atoms with Crippen LogP contribution in [0.3, 0.4) is 0 Å². The first kappa shape index (κ1) is 20.0. The summed E-state index contributed by atoms with van der Waals surface area (Å²) in [6, 6.07) is 14.3. The number of benzene rings is 2. The van der Waals surface area contributed by atoms with Crippen molar-refractivity contribution in [3.8, 4) is 0 Å². The lowest BCUT2D eigenvalue weighted by molar-refractivity contribution is -0.132. The molecule has 1 saturated heterocycles. The predicted octanol–water partition coefficient (Wildman–Crippen LogP) is 5.20. The van der Waals surface area contributed by atoms with Gasteiger partial charge in [-0.3, -0.25) is 14.5 Å². The lowest BCUT2D eigenvalue weighted by Gasteiger charge is -2.23. The van der Waals surface area contributed by atoms with Gasteiger partial charge in [0.15, 0.2) is 5.13 Å². The van der Waals surface area contributed by atoms with Gasteiger partial charge in [0.1, 0.15) is 5.76 Å². The highest BCUT2D eigenvalue weighted by Crippen LogP contribution is 2.42. The SMILES string of the molecule is Cc1ccc(C(O)=C2C(=O)C(=O)N(c3nccs3)C2c2ccc(C(C)C)cc2)cc1. The summed E-state index contributed by atoms with van der Waals surface area (Å²) < 4.78 is 0. The molecule has 1 amide bonds. The van der Waals surface area contributed by atoms with Crippen molar-refractivity contribution in [1.29, 1.82) is 0 Å². The van der Waals surface area contributed by atoms with Gasteiger partial charge in [0, 0.05) is 17.1 Å². The molecule has 1 unspecified atom stereocenters. The summed E-state index contributed by atoms with van der Waals surface area (Å²) in [7, 11) is 0. The Morgan fingerprint density at radius 1 is 1.07 bits per heavy atom. The smallest absolute Gasteiger partial charge is 0.301 e. The number of hydrogen-bond acceptors (Lipinski definition) is 5. The highest BCUT2D eigenvalue weighted by atomic mass is 32.1. The van der Waals surface area contributed by atoms with E-state index in [0.717, 1.165) is 16.7 Å². The van der Waals surface area contributed by atoms with Crippen LogP contribution < -0.4 is 4.90 Å². The van der Waals surface area contributed by atoms with E-state index in [9.17, 15) is 14.7 Å². The van der Waals surface area contributed by atoms with Gasteiger partial charge in [0.05, 0.1) is 11.6 Å². The number of aliphatic hydroxyl groups is 1. The first-order valence-corrected chi connectivity index (χ1v) is 10.6. The molecule has 6 heteroatoms. The maximum atomic E-state index is 13.0. The van der Waals surface area contributed by atoms with Crippen molar-refractivity contribution in [3.05, 3.63) is 87.9 Å². The number of Topliss-reactive ketones (excluding diaryl/α,β-unsaturated/α-hetero) is 1. The molecule has 30 heavy (non-hydrogen) atoms. The Balaban J connectivity index is 1.90. The van der Waals surface area contributed by atoms with Crippen molar-refractivity contribution < 1.29 is 14.7 Å². The fourth-order valence-electron chi connectivity index (χ4n) is 3.61. The number of aromatic nitrogens is 1. The quantitative estimate of drug-likeness (QED) is 0.359. The van der Waals surface area contributed by atoms with Crippen LogP contribution in [0.1, 0.15) is 48.1 Å². The van der Waals surface area contributed by atoms with Gasteiger partial charge in [-0.1, -0.05) is 67.9 Å². The van der Waals surface area contributed by atoms with E-state index in [4.69, 9.17) is 0 Å². The Kier molecular flexibility index (Phi) is 5.26. The van der Waals surface area contributed by atoms with Gasteiger partial charge in [0.2, 0.25) is 0 Å². The van der Waals surface area contributed by atoms with Crippen molar-refractivity contribution in [2.24, 2.45) is 0 Å². The molecule has 3 aromatic rings. The van der Waals surface area contributed by atoms with Gasteiger partial charge in [-0.05, 0) is 24.0 Å². The zero-order valence-electron chi connectivity index (χ0n) is 17.0. The standard InChI is InChI=1S/C24H22N2O3S/c1-14(2)16-8-10-17(11-9-16)20-19(21(27)18-6-4-15(3)5-7-18)22(28)23(29)26(20)24-25-12-13-30-24/h4-14,20,27H,1-3H3. The molecule has 0 radical (unpaired) electrons. The summed E-state index contributed by atoms with van der Waals surface area (Å²) in [4.78, 5) is 31.6. The van der Waals surface area contributed by atoms with Crippen LogP contribution in [0.5, 0.6) is 0 Å². The molecular weight excluding hydrogens is 396 g/mol. The number of hydrogen-bond donors (Lipinski definition) is 1. The average molecular weight is 419 g/mol. The van der Waals surface area contributed by atoms with Crippen molar-refractivity contribution in [1.82, 2.24) is 4.98 Å². The third-order valence-electron chi connectivity index (χ3n) is 5.31. The maximum absolute atomic E-state index is 13.0. The van der Waals surface area contributed by atoms with Gasteiger partial charge >= 0.3 is 5.91 Å². The molecule has 1 N–H and O–H groups in total. The van der Waals surface area contributed by atoms with Gasteiger partial charge in [0.25, 0.3) is 5.78 Å². The minimum atomic E-state index is -0.737. The molecule has 4 rings (SSSR count). The van der Waals surface area contributed by atoms with Crippen molar-refractivity contribution in [2.45, 2.75) is 32.7 Å². The van der Waals surface area contributed by atoms with E-state index < -0.39 is 17.7 Å². The molecule has 1 atom stereocenters. The van der Waals surface area contributed by atoms with Gasteiger partial charge in [-0.2, -0.15) is 0 Å². The molecule has 1 aliphatic heterocycles. The van der Waals surface area contributed by atoms with Crippen LogP contribution in [0.4, 0.5) is 5.13 Å². The topological polar surface area (TPSA) is 70.5 Å². The highest BCUT2D eigenvalue weighted by Gasteiger charge is 2.47. The van der Waals surface area contributed by atoms with Crippen LogP contribution in [0.15, 0.2) is 65.7 Å². The zero-order valence-corrected chi connectivity index (χ0v) is 17.8. The Hall–Kier alpha value is -3.25. The molecule has 2 aromatic carbocycles. The molecule has 1 fully saturated rings. The van der Waals surface area contributed by atoms with E-state index in [0.29, 0.717) is 16.6 Å². The first-order chi connectivity index (χ1) is 14.4. The summed E-state index contributed by atoms with van der Waals surface area (Å²) in [5, 5.41) is 13.2. The van der Waals surface area contributed by atoms with E-state index in [-0.39, 0.29) is 11.3 Å². The summed E-state index contributed by atoms with van der Waals surface area (Å²) in [6.07, 6.45) is 1.60. The number of thiazole rings is 1. The maximum Gasteiger partial charge on any atom is 0.301 e. The monoisotopic (exact) mass is 418 g/mol. The van der Waals surface area contributed by atoms with E-state index in [2.05, 4.69) is 18.8 Å². The van der Waals surface area contributed by atoms with Crippen LogP contribution in [-0.2, 0) is 9.59 Å². The fourth-order valence-corrected chi connectivity index (χ4v) is 4.28. The van der Waals surface area contributed by atoms with E-state index in [1.165, 1.54) is 16.2 Å². The van der Waals surface area contributed by atoms with Crippen molar-refractivity contribution in [2.75, 3.05) is 4.90 Å².